The second-order valence-corrected chi connectivity index (χ2v) is 3.67. The molecule has 2 aromatic rings. The van der Waals surface area contributed by atoms with Crippen LogP contribution in [-0.4, -0.2) is 10.2 Å². The SMILES string of the molecule is Cc1cccc(C)c1-c1nnc(CCl)o1. The molecule has 0 aliphatic rings. The number of nitrogens with zero attached hydrogens (tertiary/aromatic N) is 2. The average molecular weight is 223 g/mol. The second-order valence-electron chi connectivity index (χ2n) is 3.40. The molecule has 0 saturated carbocycles. The first-order chi connectivity index (χ1) is 7.22. The van der Waals surface area contributed by atoms with Gasteiger partial charge in [-0.05, 0) is 25.0 Å². The Hall–Kier alpha value is -1.35. The van der Waals surface area contributed by atoms with Crippen LogP contribution in [0, 0.1) is 13.8 Å². The summed E-state index contributed by atoms with van der Waals surface area (Å²) >= 11 is 5.61. The molecule has 0 saturated heterocycles. The lowest BCUT2D eigenvalue weighted by Gasteiger charge is -2.03. The van der Waals surface area contributed by atoms with Gasteiger partial charge in [0, 0.05) is 5.56 Å². The molecule has 0 spiro atoms. The Morgan fingerprint density at radius 1 is 1.20 bits per heavy atom. The molecule has 0 unspecified atom stereocenters. The van der Waals surface area contributed by atoms with Gasteiger partial charge in [-0.15, -0.1) is 21.8 Å². The molecule has 4 heteroatoms. The number of benzene rings is 1. The topological polar surface area (TPSA) is 38.9 Å². The van der Waals surface area contributed by atoms with Gasteiger partial charge in [0.2, 0.25) is 11.8 Å². The number of hydrogen-bond acceptors (Lipinski definition) is 3. The van der Waals surface area contributed by atoms with E-state index >= 15 is 0 Å². The van der Waals surface area contributed by atoms with Crippen LogP contribution >= 0.6 is 11.6 Å². The molecule has 1 heterocycles. The molecule has 2 rings (SSSR count). The standard InChI is InChI=1S/C11H11ClN2O/c1-7-4-3-5-8(2)10(7)11-14-13-9(6-12)15-11/h3-5H,6H2,1-2H3. The number of aryl methyl sites for hydroxylation is 2. The Labute approximate surface area is 93.1 Å². The molecular formula is C11H11ClN2O. The Morgan fingerprint density at radius 2 is 1.87 bits per heavy atom. The third-order valence-corrected chi connectivity index (χ3v) is 2.50. The van der Waals surface area contributed by atoms with Crippen molar-refractivity contribution in [2.24, 2.45) is 0 Å². The zero-order valence-electron chi connectivity index (χ0n) is 8.62. The van der Waals surface area contributed by atoms with Crippen LogP contribution in [0.5, 0.6) is 0 Å². The molecule has 0 aliphatic heterocycles. The quantitative estimate of drug-likeness (QED) is 0.733. The fourth-order valence-electron chi connectivity index (χ4n) is 1.56. The number of halogens is 1. The molecule has 15 heavy (non-hydrogen) atoms. The molecule has 3 nitrogen and oxygen atoms in total. The normalized spacial score (nSPS) is 10.6. The highest BCUT2D eigenvalue weighted by molar-refractivity contribution is 6.16. The van der Waals surface area contributed by atoms with Gasteiger partial charge in [-0.2, -0.15) is 0 Å². The molecule has 1 aromatic carbocycles. The van der Waals surface area contributed by atoms with Crippen LogP contribution < -0.4 is 0 Å². The lowest BCUT2D eigenvalue weighted by molar-refractivity contribution is 0.526. The zero-order chi connectivity index (χ0) is 10.8. The second kappa shape index (κ2) is 4.03. The summed E-state index contributed by atoms with van der Waals surface area (Å²) in [5.74, 6) is 1.24. The minimum atomic E-state index is 0.248. The first-order valence-electron chi connectivity index (χ1n) is 4.67. The number of hydrogen-bond donors (Lipinski definition) is 0. The minimum absolute atomic E-state index is 0.248. The monoisotopic (exact) mass is 222 g/mol. The molecule has 78 valence electrons. The molecule has 0 N–H and O–H groups in total. The van der Waals surface area contributed by atoms with E-state index in [2.05, 4.69) is 10.2 Å². The van der Waals surface area contributed by atoms with E-state index in [4.69, 9.17) is 16.0 Å². The summed E-state index contributed by atoms with van der Waals surface area (Å²) in [4.78, 5) is 0. The van der Waals surface area contributed by atoms with Gasteiger partial charge in [0.05, 0.1) is 0 Å². The van der Waals surface area contributed by atoms with E-state index in [1.54, 1.807) is 0 Å². The van der Waals surface area contributed by atoms with E-state index in [1.807, 2.05) is 32.0 Å². The Kier molecular flexibility index (Phi) is 2.73. The highest BCUT2D eigenvalue weighted by Crippen LogP contribution is 2.25. The van der Waals surface area contributed by atoms with Gasteiger partial charge in [0.25, 0.3) is 0 Å². The predicted molar refractivity (Wildman–Crippen MR) is 58.8 cm³/mol. The van der Waals surface area contributed by atoms with Gasteiger partial charge in [-0.25, -0.2) is 0 Å². The first-order valence-corrected chi connectivity index (χ1v) is 5.20. The van der Waals surface area contributed by atoms with Crippen molar-refractivity contribution in [1.82, 2.24) is 10.2 Å². The maximum Gasteiger partial charge on any atom is 0.248 e. The van der Waals surface area contributed by atoms with Crippen LogP contribution in [-0.2, 0) is 5.88 Å². The van der Waals surface area contributed by atoms with Gasteiger partial charge >= 0.3 is 0 Å². The molecular weight excluding hydrogens is 212 g/mol. The maximum atomic E-state index is 5.61. The summed E-state index contributed by atoms with van der Waals surface area (Å²) in [5.41, 5.74) is 3.25. The fourth-order valence-corrected chi connectivity index (χ4v) is 1.67. The van der Waals surface area contributed by atoms with E-state index in [9.17, 15) is 0 Å². The van der Waals surface area contributed by atoms with Crippen LogP contribution in [0.3, 0.4) is 0 Å². The Morgan fingerprint density at radius 3 is 2.40 bits per heavy atom. The highest BCUT2D eigenvalue weighted by atomic mass is 35.5. The van der Waals surface area contributed by atoms with Gasteiger partial charge in [-0.3, -0.25) is 0 Å². The predicted octanol–water partition coefficient (Wildman–Crippen LogP) is 3.09. The van der Waals surface area contributed by atoms with E-state index in [-0.39, 0.29) is 5.88 Å². The highest BCUT2D eigenvalue weighted by Gasteiger charge is 2.12. The number of alkyl halides is 1. The smallest absolute Gasteiger partial charge is 0.248 e. The largest absolute Gasteiger partial charge is 0.419 e. The van der Waals surface area contributed by atoms with Crippen molar-refractivity contribution in [1.29, 1.82) is 0 Å². The van der Waals surface area contributed by atoms with Crippen LogP contribution in [0.1, 0.15) is 17.0 Å². The Balaban J connectivity index is 2.53. The maximum absolute atomic E-state index is 5.61. The third-order valence-electron chi connectivity index (χ3n) is 2.28. The van der Waals surface area contributed by atoms with Crippen molar-refractivity contribution >= 4 is 11.6 Å². The summed E-state index contributed by atoms with van der Waals surface area (Å²) in [6.07, 6.45) is 0. The summed E-state index contributed by atoms with van der Waals surface area (Å²) in [7, 11) is 0. The van der Waals surface area contributed by atoms with E-state index in [1.165, 1.54) is 0 Å². The van der Waals surface area contributed by atoms with Gasteiger partial charge < -0.3 is 4.42 Å². The molecule has 0 radical (unpaired) electrons. The van der Waals surface area contributed by atoms with Crippen molar-refractivity contribution in [2.75, 3.05) is 0 Å². The third kappa shape index (κ3) is 1.88. The molecule has 0 amide bonds. The van der Waals surface area contributed by atoms with E-state index in [0.29, 0.717) is 11.8 Å². The van der Waals surface area contributed by atoms with Gasteiger partial charge in [0.1, 0.15) is 5.88 Å². The minimum Gasteiger partial charge on any atom is -0.419 e. The van der Waals surface area contributed by atoms with Crippen molar-refractivity contribution in [2.45, 2.75) is 19.7 Å². The van der Waals surface area contributed by atoms with Crippen molar-refractivity contribution < 1.29 is 4.42 Å². The van der Waals surface area contributed by atoms with Crippen LogP contribution in [0.2, 0.25) is 0 Å². The molecule has 0 aliphatic carbocycles. The summed E-state index contributed by atoms with van der Waals surface area (Å²) < 4.78 is 5.43. The van der Waals surface area contributed by atoms with Crippen LogP contribution in [0.25, 0.3) is 11.5 Å². The summed E-state index contributed by atoms with van der Waals surface area (Å²) in [6, 6.07) is 6.05. The van der Waals surface area contributed by atoms with Crippen LogP contribution in [0.15, 0.2) is 22.6 Å². The van der Waals surface area contributed by atoms with E-state index < -0.39 is 0 Å². The first kappa shape index (κ1) is 10.2. The zero-order valence-corrected chi connectivity index (χ0v) is 9.38. The van der Waals surface area contributed by atoms with Crippen molar-refractivity contribution in [3.63, 3.8) is 0 Å². The molecule has 0 atom stereocenters. The lowest BCUT2D eigenvalue weighted by Crippen LogP contribution is -1.87. The molecule has 1 aromatic heterocycles. The fraction of sp³-hybridized carbons (Fsp3) is 0.273. The molecule has 0 fully saturated rings. The summed E-state index contributed by atoms with van der Waals surface area (Å²) in [6.45, 7) is 4.04. The van der Waals surface area contributed by atoms with Crippen molar-refractivity contribution in [3.8, 4) is 11.5 Å². The van der Waals surface area contributed by atoms with Gasteiger partial charge in [-0.1, -0.05) is 18.2 Å². The Bertz CT molecular complexity index is 459. The van der Waals surface area contributed by atoms with Crippen molar-refractivity contribution in [3.05, 3.63) is 35.2 Å². The van der Waals surface area contributed by atoms with Gasteiger partial charge in [0.15, 0.2) is 0 Å². The number of rotatable bonds is 2. The molecule has 0 bridgehead atoms. The summed E-state index contributed by atoms with van der Waals surface area (Å²) in [5, 5.41) is 7.82. The van der Waals surface area contributed by atoms with Crippen LogP contribution in [0.4, 0.5) is 0 Å². The van der Waals surface area contributed by atoms with E-state index in [0.717, 1.165) is 16.7 Å². The number of aromatic nitrogens is 2. The lowest BCUT2D eigenvalue weighted by atomic mass is 10.0. The average Bonchev–Trinajstić information content (AvgIpc) is 2.66.